The standard InChI is InChI=1S/C20H37N3/c1-3-5-19(6-7-19)15-22-10-4-18(13-22)14-23-16-20(17-23)8-11-21(2)12-9-20/h18H,3-17H2,1-2H3/t18-/m1/s1. The number of likely N-dealkylation sites (tertiary alicyclic amines) is 3. The van der Waals surface area contributed by atoms with Crippen LogP contribution in [0.3, 0.4) is 0 Å². The van der Waals surface area contributed by atoms with Crippen molar-refractivity contribution in [1.82, 2.24) is 14.7 Å². The molecule has 1 saturated carbocycles. The predicted molar refractivity (Wildman–Crippen MR) is 96.7 cm³/mol. The minimum atomic E-state index is 0.712. The second-order valence-corrected chi connectivity index (χ2v) is 9.61. The Morgan fingerprint density at radius 2 is 1.70 bits per heavy atom. The van der Waals surface area contributed by atoms with E-state index in [1.54, 1.807) is 0 Å². The van der Waals surface area contributed by atoms with Crippen molar-refractivity contribution in [2.75, 3.05) is 59.4 Å². The number of hydrogen-bond donors (Lipinski definition) is 0. The topological polar surface area (TPSA) is 9.72 Å². The first-order chi connectivity index (χ1) is 11.1. The average Bonchev–Trinajstić information content (AvgIpc) is 3.10. The minimum Gasteiger partial charge on any atom is -0.306 e. The van der Waals surface area contributed by atoms with Crippen LogP contribution in [-0.4, -0.2) is 74.1 Å². The van der Waals surface area contributed by atoms with Crippen LogP contribution in [0.2, 0.25) is 0 Å². The van der Waals surface area contributed by atoms with Crippen molar-refractivity contribution in [1.29, 1.82) is 0 Å². The van der Waals surface area contributed by atoms with Crippen LogP contribution in [0.4, 0.5) is 0 Å². The Balaban J connectivity index is 1.18. The molecular weight excluding hydrogens is 282 g/mol. The third-order valence-corrected chi connectivity index (χ3v) is 7.35. The Bertz CT molecular complexity index is 401. The molecule has 132 valence electrons. The van der Waals surface area contributed by atoms with E-state index in [1.165, 1.54) is 97.3 Å². The highest BCUT2D eigenvalue weighted by atomic mass is 15.2. The van der Waals surface area contributed by atoms with Crippen LogP contribution in [-0.2, 0) is 0 Å². The van der Waals surface area contributed by atoms with E-state index in [2.05, 4.69) is 28.7 Å². The van der Waals surface area contributed by atoms with Gasteiger partial charge in [-0.25, -0.2) is 0 Å². The van der Waals surface area contributed by atoms with Gasteiger partial charge in [-0.3, -0.25) is 0 Å². The molecule has 1 atom stereocenters. The Morgan fingerprint density at radius 3 is 2.35 bits per heavy atom. The van der Waals surface area contributed by atoms with E-state index in [-0.39, 0.29) is 0 Å². The lowest BCUT2D eigenvalue weighted by molar-refractivity contribution is -0.0488. The molecule has 4 aliphatic rings. The first-order valence-corrected chi connectivity index (χ1v) is 10.2. The zero-order valence-corrected chi connectivity index (χ0v) is 15.5. The summed E-state index contributed by atoms with van der Waals surface area (Å²) in [5.74, 6) is 0.955. The van der Waals surface area contributed by atoms with Gasteiger partial charge in [-0.05, 0) is 82.0 Å². The number of rotatable bonds is 6. The third-order valence-electron chi connectivity index (χ3n) is 7.35. The zero-order chi connectivity index (χ0) is 15.9. The molecule has 0 unspecified atom stereocenters. The number of hydrogen-bond acceptors (Lipinski definition) is 3. The Morgan fingerprint density at radius 1 is 0.957 bits per heavy atom. The molecular formula is C20H37N3. The molecule has 1 aliphatic carbocycles. The molecule has 0 N–H and O–H groups in total. The van der Waals surface area contributed by atoms with Gasteiger partial charge in [0, 0.05) is 32.7 Å². The summed E-state index contributed by atoms with van der Waals surface area (Å²) < 4.78 is 0. The van der Waals surface area contributed by atoms with Crippen molar-refractivity contribution in [3.05, 3.63) is 0 Å². The van der Waals surface area contributed by atoms with Gasteiger partial charge >= 0.3 is 0 Å². The fourth-order valence-electron chi connectivity index (χ4n) is 5.68. The monoisotopic (exact) mass is 319 g/mol. The normalized spacial score (nSPS) is 33.9. The highest BCUT2D eigenvalue weighted by Gasteiger charge is 2.46. The van der Waals surface area contributed by atoms with Crippen LogP contribution in [0.1, 0.15) is 51.9 Å². The molecule has 3 aliphatic heterocycles. The molecule has 3 heteroatoms. The maximum absolute atomic E-state index is 2.80. The van der Waals surface area contributed by atoms with Gasteiger partial charge in [0.15, 0.2) is 0 Å². The SMILES string of the molecule is CCCC1(CN2CC[C@@H](CN3CC4(CCN(C)CC4)C3)C2)CC1. The summed E-state index contributed by atoms with van der Waals surface area (Å²) in [6.45, 7) is 13.4. The molecule has 0 aromatic carbocycles. The van der Waals surface area contributed by atoms with Crippen molar-refractivity contribution < 1.29 is 0 Å². The van der Waals surface area contributed by atoms with Crippen molar-refractivity contribution >= 4 is 0 Å². The molecule has 4 fully saturated rings. The molecule has 3 heterocycles. The van der Waals surface area contributed by atoms with E-state index in [0.29, 0.717) is 5.41 Å². The summed E-state index contributed by atoms with van der Waals surface area (Å²) in [6, 6.07) is 0. The maximum Gasteiger partial charge on any atom is 0.00516 e. The first kappa shape index (κ1) is 16.4. The summed E-state index contributed by atoms with van der Waals surface area (Å²) >= 11 is 0. The van der Waals surface area contributed by atoms with E-state index in [4.69, 9.17) is 0 Å². The molecule has 0 radical (unpaired) electrons. The van der Waals surface area contributed by atoms with E-state index < -0.39 is 0 Å². The minimum absolute atomic E-state index is 0.712. The molecule has 3 nitrogen and oxygen atoms in total. The highest BCUT2D eigenvalue weighted by Crippen LogP contribution is 2.50. The molecule has 4 rings (SSSR count). The zero-order valence-electron chi connectivity index (χ0n) is 15.5. The summed E-state index contributed by atoms with van der Waals surface area (Å²) in [6.07, 6.45) is 10.2. The smallest absolute Gasteiger partial charge is 0.00516 e. The quantitative estimate of drug-likeness (QED) is 0.745. The van der Waals surface area contributed by atoms with Crippen LogP contribution in [0.15, 0.2) is 0 Å². The van der Waals surface area contributed by atoms with Crippen LogP contribution < -0.4 is 0 Å². The van der Waals surface area contributed by atoms with Gasteiger partial charge in [0.1, 0.15) is 0 Å². The molecule has 0 amide bonds. The summed E-state index contributed by atoms with van der Waals surface area (Å²) in [7, 11) is 2.28. The molecule has 3 saturated heterocycles. The number of piperidine rings is 1. The van der Waals surface area contributed by atoms with Crippen LogP contribution in [0, 0.1) is 16.7 Å². The van der Waals surface area contributed by atoms with E-state index in [1.807, 2.05) is 0 Å². The van der Waals surface area contributed by atoms with Gasteiger partial charge in [0.2, 0.25) is 0 Å². The van der Waals surface area contributed by atoms with Gasteiger partial charge in [-0.2, -0.15) is 0 Å². The van der Waals surface area contributed by atoms with Crippen molar-refractivity contribution in [2.45, 2.75) is 51.9 Å². The van der Waals surface area contributed by atoms with Gasteiger partial charge in [-0.1, -0.05) is 13.3 Å². The van der Waals surface area contributed by atoms with Crippen LogP contribution >= 0.6 is 0 Å². The molecule has 0 bridgehead atoms. The second-order valence-electron chi connectivity index (χ2n) is 9.61. The molecule has 1 spiro atoms. The molecule has 23 heavy (non-hydrogen) atoms. The van der Waals surface area contributed by atoms with Crippen molar-refractivity contribution in [2.24, 2.45) is 16.7 Å². The second kappa shape index (κ2) is 6.31. The van der Waals surface area contributed by atoms with Gasteiger partial charge < -0.3 is 14.7 Å². The fraction of sp³-hybridized carbons (Fsp3) is 1.00. The molecule has 0 aromatic rings. The summed E-state index contributed by atoms with van der Waals surface area (Å²) in [5.41, 5.74) is 1.46. The Hall–Kier alpha value is -0.120. The highest BCUT2D eigenvalue weighted by molar-refractivity contribution is 5.00. The van der Waals surface area contributed by atoms with E-state index >= 15 is 0 Å². The van der Waals surface area contributed by atoms with Gasteiger partial charge in [0.25, 0.3) is 0 Å². The third kappa shape index (κ3) is 3.62. The average molecular weight is 320 g/mol. The lowest BCUT2D eigenvalue weighted by atomic mass is 9.72. The van der Waals surface area contributed by atoms with Gasteiger partial charge in [-0.15, -0.1) is 0 Å². The Kier molecular flexibility index (Phi) is 4.49. The van der Waals surface area contributed by atoms with Crippen LogP contribution in [0.25, 0.3) is 0 Å². The van der Waals surface area contributed by atoms with Gasteiger partial charge in [0.05, 0.1) is 0 Å². The predicted octanol–water partition coefficient (Wildman–Crippen LogP) is 2.92. The maximum atomic E-state index is 2.80. The lowest BCUT2D eigenvalue weighted by Gasteiger charge is -2.54. The van der Waals surface area contributed by atoms with E-state index in [9.17, 15) is 0 Å². The van der Waals surface area contributed by atoms with Crippen LogP contribution in [0.5, 0.6) is 0 Å². The van der Waals surface area contributed by atoms with E-state index in [0.717, 1.165) is 11.3 Å². The molecule has 0 aromatic heterocycles. The number of nitrogens with zero attached hydrogens (tertiary/aromatic N) is 3. The lowest BCUT2D eigenvalue weighted by Crippen LogP contribution is -2.60. The van der Waals surface area contributed by atoms with Crippen molar-refractivity contribution in [3.8, 4) is 0 Å². The largest absolute Gasteiger partial charge is 0.306 e. The Labute approximate surface area is 143 Å². The van der Waals surface area contributed by atoms with Crippen molar-refractivity contribution in [3.63, 3.8) is 0 Å². The summed E-state index contributed by atoms with van der Waals surface area (Å²) in [5, 5.41) is 0. The first-order valence-electron chi connectivity index (χ1n) is 10.2. The fourth-order valence-corrected chi connectivity index (χ4v) is 5.68. The summed E-state index contributed by atoms with van der Waals surface area (Å²) in [4.78, 5) is 8.09.